The number of thioether (sulfide) groups is 1. The Hall–Kier alpha value is -3.25. The molecule has 0 fully saturated rings. The number of aryl methyl sites for hydroxylation is 1. The van der Waals surface area contributed by atoms with Gasteiger partial charge in [-0.25, -0.2) is 15.0 Å². The van der Waals surface area contributed by atoms with E-state index in [-0.39, 0.29) is 5.78 Å². The van der Waals surface area contributed by atoms with Crippen molar-refractivity contribution in [1.29, 1.82) is 0 Å². The molecule has 0 bridgehead atoms. The van der Waals surface area contributed by atoms with Crippen molar-refractivity contribution in [3.63, 3.8) is 0 Å². The number of nitrogens with zero attached hydrogens (tertiary/aromatic N) is 3. The lowest BCUT2D eigenvalue weighted by Gasteiger charge is -2.09. The molecule has 144 valence electrons. The lowest BCUT2D eigenvalue weighted by Crippen LogP contribution is -2.07. The molecule has 2 heterocycles. The van der Waals surface area contributed by atoms with E-state index in [1.54, 1.807) is 18.0 Å². The monoisotopic (exact) mass is 400 g/mol. The topological polar surface area (TPSA) is 67.8 Å². The number of carbonyl (C=O) groups is 1. The zero-order valence-corrected chi connectivity index (χ0v) is 17.0. The zero-order chi connectivity index (χ0) is 20.2. The number of rotatable bonds is 6. The Morgan fingerprint density at radius 3 is 2.52 bits per heavy atom. The molecule has 6 heteroatoms. The van der Waals surface area contributed by atoms with Gasteiger partial charge in [0.1, 0.15) is 5.52 Å². The number of hydrogen-bond donors (Lipinski definition) is 1. The molecule has 2 aromatic carbocycles. The molecule has 0 aliphatic heterocycles. The first-order valence-electron chi connectivity index (χ1n) is 9.25. The standard InChI is InChI=1S/C23H20N4OS/c1-15-17(13-21(28)16-8-10-19(29-2)11-9-16)12-20-23(25-15)27-22(14-24-20)26-18-6-4-3-5-7-18/h3-12,14H,13H2,1-2H3,(H,25,26,27). The molecule has 5 nitrogen and oxygen atoms in total. The number of Topliss-reactive ketones (excluding diaryl/α,β-unsaturated/α-hetero) is 1. The molecule has 29 heavy (non-hydrogen) atoms. The average molecular weight is 401 g/mol. The van der Waals surface area contributed by atoms with Crippen molar-refractivity contribution in [2.75, 3.05) is 11.6 Å². The highest BCUT2D eigenvalue weighted by Crippen LogP contribution is 2.20. The van der Waals surface area contributed by atoms with Crippen LogP contribution in [0.5, 0.6) is 0 Å². The first-order chi connectivity index (χ1) is 14.1. The highest BCUT2D eigenvalue weighted by atomic mass is 32.2. The molecule has 4 aromatic rings. The van der Waals surface area contributed by atoms with Gasteiger partial charge in [0.15, 0.2) is 17.2 Å². The van der Waals surface area contributed by atoms with E-state index in [0.29, 0.717) is 29.0 Å². The smallest absolute Gasteiger partial charge is 0.180 e. The summed E-state index contributed by atoms with van der Waals surface area (Å²) in [7, 11) is 0. The summed E-state index contributed by atoms with van der Waals surface area (Å²) in [6, 6.07) is 19.4. The Balaban J connectivity index is 1.56. The van der Waals surface area contributed by atoms with Crippen molar-refractivity contribution in [3.05, 3.63) is 83.7 Å². The van der Waals surface area contributed by atoms with Crippen LogP contribution in [0.2, 0.25) is 0 Å². The van der Waals surface area contributed by atoms with Crippen LogP contribution in [0.15, 0.2) is 71.8 Å². The van der Waals surface area contributed by atoms with Crippen molar-refractivity contribution in [3.8, 4) is 0 Å². The van der Waals surface area contributed by atoms with Crippen LogP contribution in [0.4, 0.5) is 11.5 Å². The third kappa shape index (κ3) is 4.43. The predicted molar refractivity (Wildman–Crippen MR) is 118 cm³/mol. The fourth-order valence-corrected chi connectivity index (χ4v) is 3.44. The SMILES string of the molecule is CSc1ccc(C(=O)Cc2cc3ncc(Nc4ccccc4)nc3nc2C)cc1. The summed E-state index contributed by atoms with van der Waals surface area (Å²) < 4.78 is 0. The lowest BCUT2D eigenvalue weighted by molar-refractivity contribution is 0.0992. The number of benzene rings is 2. The fourth-order valence-electron chi connectivity index (χ4n) is 3.03. The van der Waals surface area contributed by atoms with Gasteiger partial charge in [-0.2, -0.15) is 0 Å². The van der Waals surface area contributed by atoms with Crippen LogP contribution < -0.4 is 5.32 Å². The number of fused-ring (bicyclic) bond motifs is 1. The van der Waals surface area contributed by atoms with Crippen molar-refractivity contribution < 1.29 is 4.79 Å². The first kappa shape index (κ1) is 19.1. The van der Waals surface area contributed by atoms with E-state index in [1.165, 1.54) is 0 Å². The van der Waals surface area contributed by atoms with Crippen LogP contribution in [0.3, 0.4) is 0 Å². The first-order valence-corrected chi connectivity index (χ1v) is 10.5. The Labute approximate surface area is 173 Å². The highest BCUT2D eigenvalue weighted by Gasteiger charge is 2.12. The molecule has 0 saturated heterocycles. The van der Waals surface area contributed by atoms with E-state index in [9.17, 15) is 4.79 Å². The van der Waals surface area contributed by atoms with Gasteiger partial charge >= 0.3 is 0 Å². The third-order valence-electron chi connectivity index (χ3n) is 4.64. The second-order valence-corrected chi connectivity index (χ2v) is 7.53. The van der Waals surface area contributed by atoms with Crippen molar-refractivity contribution in [2.45, 2.75) is 18.2 Å². The number of ketones is 1. The average Bonchev–Trinajstić information content (AvgIpc) is 2.75. The molecule has 2 aromatic heterocycles. The Kier molecular flexibility index (Phi) is 5.53. The summed E-state index contributed by atoms with van der Waals surface area (Å²) in [4.78, 5) is 27.4. The van der Waals surface area contributed by atoms with E-state index in [0.717, 1.165) is 21.8 Å². The quantitative estimate of drug-likeness (QED) is 0.353. The molecule has 0 saturated carbocycles. The Bertz CT molecular complexity index is 1160. The van der Waals surface area contributed by atoms with Crippen LogP contribution in [-0.2, 0) is 6.42 Å². The maximum Gasteiger partial charge on any atom is 0.180 e. The second-order valence-electron chi connectivity index (χ2n) is 6.65. The van der Waals surface area contributed by atoms with Crippen LogP contribution in [0.25, 0.3) is 11.2 Å². The maximum absolute atomic E-state index is 12.7. The van der Waals surface area contributed by atoms with E-state index in [4.69, 9.17) is 0 Å². The van der Waals surface area contributed by atoms with E-state index >= 15 is 0 Å². The van der Waals surface area contributed by atoms with Gasteiger partial charge in [0, 0.05) is 28.3 Å². The molecule has 1 N–H and O–H groups in total. The molecule has 0 aliphatic carbocycles. The van der Waals surface area contributed by atoms with Crippen LogP contribution in [0.1, 0.15) is 21.6 Å². The summed E-state index contributed by atoms with van der Waals surface area (Å²) in [6.45, 7) is 1.90. The van der Waals surface area contributed by atoms with Gasteiger partial charge in [0.25, 0.3) is 0 Å². The van der Waals surface area contributed by atoms with Crippen LogP contribution >= 0.6 is 11.8 Å². The molecule has 0 aliphatic rings. The second kappa shape index (κ2) is 8.41. The van der Waals surface area contributed by atoms with Gasteiger partial charge in [0.2, 0.25) is 0 Å². The molecule has 4 rings (SSSR count). The van der Waals surface area contributed by atoms with Gasteiger partial charge < -0.3 is 5.32 Å². The summed E-state index contributed by atoms with van der Waals surface area (Å²) >= 11 is 1.66. The zero-order valence-electron chi connectivity index (χ0n) is 16.2. The van der Waals surface area contributed by atoms with Crippen LogP contribution in [-0.4, -0.2) is 27.0 Å². The predicted octanol–water partition coefficient (Wildman–Crippen LogP) is 5.22. The van der Waals surface area contributed by atoms with Crippen molar-refractivity contribution in [2.24, 2.45) is 0 Å². The van der Waals surface area contributed by atoms with Crippen LogP contribution in [0, 0.1) is 6.92 Å². The van der Waals surface area contributed by atoms with E-state index < -0.39 is 0 Å². The minimum Gasteiger partial charge on any atom is -0.339 e. The normalized spacial score (nSPS) is 10.8. The summed E-state index contributed by atoms with van der Waals surface area (Å²) in [5.74, 6) is 0.700. The molecule has 0 unspecified atom stereocenters. The third-order valence-corrected chi connectivity index (χ3v) is 5.38. The minimum absolute atomic E-state index is 0.0669. The Morgan fingerprint density at radius 1 is 1.03 bits per heavy atom. The molecule has 0 amide bonds. The fraction of sp³-hybridized carbons (Fsp3) is 0.130. The highest BCUT2D eigenvalue weighted by molar-refractivity contribution is 7.98. The van der Waals surface area contributed by atoms with E-state index in [1.807, 2.05) is 73.8 Å². The van der Waals surface area contributed by atoms with Gasteiger partial charge in [0.05, 0.1) is 6.20 Å². The minimum atomic E-state index is 0.0669. The maximum atomic E-state index is 12.7. The van der Waals surface area contributed by atoms with Gasteiger partial charge in [-0.05, 0) is 49.1 Å². The molecule has 0 radical (unpaired) electrons. The molecule has 0 spiro atoms. The van der Waals surface area contributed by atoms with Crippen molar-refractivity contribution >= 4 is 40.2 Å². The molecular weight excluding hydrogens is 380 g/mol. The van der Waals surface area contributed by atoms with Gasteiger partial charge in [-0.1, -0.05) is 30.3 Å². The number of carbonyl (C=O) groups excluding carboxylic acids is 1. The number of nitrogens with one attached hydrogen (secondary N) is 1. The number of aromatic nitrogens is 3. The summed E-state index contributed by atoms with van der Waals surface area (Å²) in [5.41, 5.74) is 4.54. The van der Waals surface area contributed by atoms with Crippen molar-refractivity contribution in [1.82, 2.24) is 15.0 Å². The lowest BCUT2D eigenvalue weighted by atomic mass is 10.0. The number of pyridine rings is 1. The molecule has 0 atom stereocenters. The van der Waals surface area contributed by atoms with E-state index in [2.05, 4.69) is 20.3 Å². The summed E-state index contributed by atoms with van der Waals surface area (Å²) in [6.07, 6.45) is 3.99. The number of anilines is 2. The van der Waals surface area contributed by atoms with Gasteiger partial charge in [-0.3, -0.25) is 4.79 Å². The summed E-state index contributed by atoms with van der Waals surface area (Å²) in [5, 5.41) is 3.22. The number of hydrogen-bond acceptors (Lipinski definition) is 6. The Morgan fingerprint density at radius 2 is 1.79 bits per heavy atom. The largest absolute Gasteiger partial charge is 0.339 e. The number of para-hydroxylation sites is 1. The molecular formula is C23H20N4OS. The van der Waals surface area contributed by atoms with Gasteiger partial charge in [-0.15, -0.1) is 11.8 Å².